The second-order valence-corrected chi connectivity index (χ2v) is 9.24. The number of hydrogen-bond acceptors (Lipinski definition) is 7. The van der Waals surface area contributed by atoms with Crippen LogP contribution in [0.3, 0.4) is 0 Å². The number of anilines is 1. The van der Waals surface area contributed by atoms with Crippen molar-refractivity contribution in [2.24, 2.45) is 0 Å². The van der Waals surface area contributed by atoms with Crippen molar-refractivity contribution in [2.75, 3.05) is 11.0 Å². The molecule has 0 spiro atoms. The fourth-order valence-electron chi connectivity index (χ4n) is 2.48. The van der Waals surface area contributed by atoms with E-state index in [1.54, 1.807) is 31.2 Å². The minimum atomic E-state index is -3.35. The molecule has 1 atom stereocenters. The summed E-state index contributed by atoms with van der Waals surface area (Å²) in [6.07, 6.45) is 1.60. The lowest BCUT2D eigenvalue weighted by Crippen LogP contribution is -2.14. The Morgan fingerprint density at radius 3 is 2.43 bits per heavy atom. The molecule has 2 aromatic carbocycles. The highest BCUT2D eigenvalue weighted by Crippen LogP contribution is 2.25. The molecule has 0 amide bonds. The minimum Gasteiger partial charge on any atom is -0.416 e. The van der Waals surface area contributed by atoms with Gasteiger partial charge in [0.05, 0.1) is 17.9 Å². The highest BCUT2D eigenvalue weighted by Gasteiger charge is 2.20. The van der Waals surface area contributed by atoms with Gasteiger partial charge in [0.25, 0.3) is 5.22 Å². The van der Waals surface area contributed by atoms with Crippen LogP contribution < -0.4 is 4.72 Å². The quantitative estimate of drug-likeness (QED) is 0.443. The lowest BCUT2D eigenvalue weighted by atomic mass is 10.1. The molecule has 3 rings (SSSR count). The molecular weight excluding hydrogens is 398 g/mol. The predicted octanol–water partition coefficient (Wildman–Crippen LogP) is 3.40. The first-order valence-electron chi connectivity index (χ1n) is 8.45. The van der Waals surface area contributed by atoms with E-state index in [0.717, 1.165) is 11.8 Å². The zero-order valence-electron chi connectivity index (χ0n) is 15.3. The van der Waals surface area contributed by atoms with E-state index in [-0.39, 0.29) is 5.78 Å². The SMILES string of the molecule is C[C@H](Sc1nnc(Cc2ccccc2)o1)C(=O)c1ccc(NS(C)(=O)=O)cc1. The molecule has 28 heavy (non-hydrogen) atoms. The number of carbonyl (C=O) groups is 1. The summed E-state index contributed by atoms with van der Waals surface area (Å²) in [7, 11) is -3.35. The number of carbonyl (C=O) groups excluding carboxylic acids is 1. The first-order valence-corrected chi connectivity index (χ1v) is 11.2. The Bertz CT molecular complexity index is 1050. The maximum atomic E-state index is 12.6. The minimum absolute atomic E-state index is 0.112. The van der Waals surface area contributed by atoms with Crippen molar-refractivity contribution in [3.8, 4) is 0 Å². The van der Waals surface area contributed by atoms with Crippen LogP contribution in [-0.4, -0.2) is 35.9 Å². The molecule has 1 N–H and O–H groups in total. The van der Waals surface area contributed by atoms with Crippen molar-refractivity contribution < 1.29 is 17.6 Å². The van der Waals surface area contributed by atoms with Gasteiger partial charge in [0.15, 0.2) is 5.78 Å². The molecule has 0 saturated carbocycles. The number of rotatable bonds is 8. The topological polar surface area (TPSA) is 102 Å². The van der Waals surface area contributed by atoms with E-state index in [4.69, 9.17) is 4.42 Å². The van der Waals surface area contributed by atoms with Crippen molar-refractivity contribution in [3.05, 3.63) is 71.6 Å². The highest BCUT2D eigenvalue weighted by atomic mass is 32.2. The van der Waals surface area contributed by atoms with Crippen molar-refractivity contribution in [1.82, 2.24) is 10.2 Å². The number of thioether (sulfide) groups is 1. The second kappa shape index (κ2) is 8.57. The molecule has 3 aromatic rings. The zero-order chi connectivity index (χ0) is 20.1. The Kier molecular flexibility index (Phi) is 6.15. The molecule has 1 aromatic heterocycles. The van der Waals surface area contributed by atoms with E-state index in [9.17, 15) is 13.2 Å². The van der Waals surface area contributed by atoms with E-state index in [0.29, 0.717) is 28.8 Å². The van der Waals surface area contributed by atoms with Gasteiger partial charge in [-0.2, -0.15) is 0 Å². The second-order valence-electron chi connectivity index (χ2n) is 6.20. The maximum absolute atomic E-state index is 12.6. The number of aromatic nitrogens is 2. The van der Waals surface area contributed by atoms with Crippen LogP contribution in [-0.2, 0) is 16.4 Å². The molecule has 0 fully saturated rings. The molecule has 0 aliphatic heterocycles. The third-order valence-electron chi connectivity index (χ3n) is 3.77. The summed E-state index contributed by atoms with van der Waals surface area (Å²) in [4.78, 5) is 12.6. The van der Waals surface area contributed by atoms with Crippen molar-refractivity contribution in [2.45, 2.75) is 23.8 Å². The van der Waals surface area contributed by atoms with Crippen molar-refractivity contribution in [1.29, 1.82) is 0 Å². The largest absolute Gasteiger partial charge is 0.416 e. The number of sulfonamides is 1. The van der Waals surface area contributed by atoms with Gasteiger partial charge in [-0.3, -0.25) is 9.52 Å². The molecule has 0 bridgehead atoms. The van der Waals surface area contributed by atoms with Gasteiger partial charge in [-0.25, -0.2) is 8.42 Å². The summed E-state index contributed by atoms with van der Waals surface area (Å²) >= 11 is 1.19. The number of Topliss-reactive ketones (excluding diaryl/α,β-unsaturated/α-hetero) is 1. The van der Waals surface area contributed by atoms with Crippen LogP contribution in [0.15, 0.2) is 64.2 Å². The van der Waals surface area contributed by atoms with Crippen LogP contribution in [0.5, 0.6) is 0 Å². The van der Waals surface area contributed by atoms with Gasteiger partial charge < -0.3 is 4.42 Å². The molecule has 9 heteroatoms. The molecule has 0 saturated heterocycles. The van der Waals surface area contributed by atoms with Gasteiger partial charge >= 0.3 is 0 Å². The molecule has 1 heterocycles. The monoisotopic (exact) mass is 417 g/mol. The number of ketones is 1. The van der Waals surface area contributed by atoms with Crippen LogP contribution >= 0.6 is 11.8 Å². The number of benzene rings is 2. The first kappa shape index (κ1) is 20.1. The van der Waals surface area contributed by atoms with E-state index in [1.165, 1.54) is 11.8 Å². The van der Waals surface area contributed by atoms with Gasteiger partial charge in [0.1, 0.15) is 0 Å². The van der Waals surface area contributed by atoms with Crippen LogP contribution in [0.1, 0.15) is 28.7 Å². The molecule has 0 unspecified atom stereocenters. The molecular formula is C19H19N3O4S2. The third kappa shape index (κ3) is 5.67. The van der Waals surface area contributed by atoms with Gasteiger partial charge in [-0.1, -0.05) is 42.1 Å². The molecule has 0 radical (unpaired) electrons. The van der Waals surface area contributed by atoms with Gasteiger partial charge in [-0.15, -0.1) is 10.2 Å². The molecule has 0 aliphatic carbocycles. The van der Waals surface area contributed by atoms with Crippen LogP contribution in [0.4, 0.5) is 5.69 Å². The van der Waals surface area contributed by atoms with Crippen molar-refractivity contribution >= 4 is 33.3 Å². The fourth-order valence-corrected chi connectivity index (χ4v) is 3.83. The summed E-state index contributed by atoms with van der Waals surface area (Å²) in [6.45, 7) is 1.76. The number of hydrogen-bond donors (Lipinski definition) is 1. The summed E-state index contributed by atoms with van der Waals surface area (Å²) in [5.41, 5.74) is 1.94. The smallest absolute Gasteiger partial charge is 0.277 e. The summed E-state index contributed by atoms with van der Waals surface area (Å²) in [6, 6.07) is 16.1. The maximum Gasteiger partial charge on any atom is 0.277 e. The van der Waals surface area contributed by atoms with Crippen LogP contribution in [0, 0.1) is 0 Å². The van der Waals surface area contributed by atoms with Crippen LogP contribution in [0.25, 0.3) is 0 Å². The summed E-state index contributed by atoms with van der Waals surface area (Å²) in [5, 5.41) is 7.93. The van der Waals surface area contributed by atoms with Gasteiger partial charge in [-0.05, 0) is 36.8 Å². The average molecular weight is 418 g/mol. The van der Waals surface area contributed by atoms with Gasteiger partial charge in [0.2, 0.25) is 15.9 Å². The first-order chi connectivity index (χ1) is 13.3. The standard InChI is InChI=1S/C19H19N3O4S2/c1-13(18(23)15-8-10-16(11-9-15)22-28(2,24)25)27-19-21-20-17(26-19)12-14-6-4-3-5-7-14/h3-11,13,22H,12H2,1-2H3/t13-/m0/s1. The predicted molar refractivity (Wildman–Crippen MR) is 108 cm³/mol. The van der Waals surface area contributed by atoms with E-state index >= 15 is 0 Å². The number of nitrogens with one attached hydrogen (secondary N) is 1. The van der Waals surface area contributed by atoms with E-state index in [2.05, 4.69) is 14.9 Å². The fraction of sp³-hybridized carbons (Fsp3) is 0.211. The lowest BCUT2D eigenvalue weighted by Gasteiger charge is -2.09. The average Bonchev–Trinajstić information content (AvgIpc) is 3.08. The van der Waals surface area contributed by atoms with E-state index < -0.39 is 15.3 Å². The Morgan fingerprint density at radius 1 is 1.11 bits per heavy atom. The lowest BCUT2D eigenvalue weighted by molar-refractivity contribution is 0.0993. The third-order valence-corrected chi connectivity index (χ3v) is 5.31. The normalized spacial score (nSPS) is 12.5. The Labute approximate surface area is 167 Å². The molecule has 7 nitrogen and oxygen atoms in total. The Morgan fingerprint density at radius 2 is 1.79 bits per heavy atom. The summed E-state index contributed by atoms with van der Waals surface area (Å²) in [5.74, 6) is 0.378. The zero-order valence-corrected chi connectivity index (χ0v) is 17.0. The Balaban J connectivity index is 1.61. The Hall–Kier alpha value is -2.65. The van der Waals surface area contributed by atoms with E-state index in [1.807, 2.05) is 30.3 Å². The highest BCUT2D eigenvalue weighted by molar-refractivity contribution is 8.00. The summed E-state index contributed by atoms with van der Waals surface area (Å²) < 4.78 is 30.5. The van der Waals surface area contributed by atoms with Gasteiger partial charge in [0, 0.05) is 11.3 Å². The molecule has 146 valence electrons. The van der Waals surface area contributed by atoms with Crippen LogP contribution in [0.2, 0.25) is 0 Å². The number of nitrogens with zero attached hydrogens (tertiary/aromatic N) is 2. The molecule has 0 aliphatic rings. The van der Waals surface area contributed by atoms with Crippen molar-refractivity contribution in [3.63, 3.8) is 0 Å².